The molecule has 182 valence electrons. The maximum atomic E-state index is 13.3. The second-order valence-electron chi connectivity index (χ2n) is 9.85. The lowest BCUT2D eigenvalue weighted by Crippen LogP contribution is -2.41. The van der Waals surface area contributed by atoms with Gasteiger partial charge in [-0.25, -0.2) is 14.2 Å². The number of nitrogens with zero attached hydrogens (tertiary/aromatic N) is 3. The van der Waals surface area contributed by atoms with Crippen molar-refractivity contribution in [3.63, 3.8) is 0 Å². The number of allylic oxidation sites excluding steroid dienone is 2. The molecule has 4 aliphatic rings. The molecule has 8 heteroatoms. The third kappa shape index (κ3) is 4.48. The first kappa shape index (κ1) is 23.0. The fraction of sp³-hybridized carbons (Fsp3) is 0.577. The van der Waals surface area contributed by atoms with Gasteiger partial charge in [-0.05, 0) is 75.9 Å². The highest BCUT2D eigenvalue weighted by Gasteiger charge is 2.50. The molecule has 2 aliphatic heterocycles. The van der Waals surface area contributed by atoms with Gasteiger partial charge in [0.25, 0.3) is 0 Å². The highest BCUT2D eigenvalue weighted by atomic mass is 19.1. The van der Waals surface area contributed by atoms with Crippen LogP contribution in [-0.2, 0) is 15.1 Å². The van der Waals surface area contributed by atoms with Crippen LogP contribution in [0.2, 0.25) is 0 Å². The maximum absolute atomic E-state index is 13.3. The zero-order valence-electron chi connectivity index (χ0n) is 19.7. The topological polar surface area (TPSA) is 72.0 Å². The number of likely N-dealkylation sites (N-methyl/N-ethyl adjacent to an activating group) is 1. The van der Waals surface area contributed by atoms with E-state index < -0.39 is 11.6 Å². The number of rotatable bonds is 6. The number of fused-ring (bicyclic) bond motifs is 2. The van der Waals surface area contributed by atoms with Crippen molar-refractivity contribution in [1.29, 1.82) is 0 Å². The average Bonchev–Trinajstić information content (AvgIpc) is 3.46. The molecule has 1 aromatic rings. The molecule has 1 saturated heterocycles. The van der Waals surface area contributed by atoms with E-state index in [1.807, 2.05) is 18.0 Å². The normalized spacial score (nSPS) is 28.5. The largest absolute Gasteiger partial charge is 0.469 e. The van der Waals surface area contributed by atoms with Gasteiger partial charge in [0, 0.05) is 44.2 Å². The Balaban J connectivity index is 1.23. The van der Waals surface area contributed by atoms with Crippen molar-refractivity contribution in [3.05, 3.63) is 47.4 Å². The van der Waals surface area contributed by atoms with Crippen LogP contribution in [0.5, 0.6) is 5.88 Å². The van der Waals surface area contributed by atoms with Gasteiger partial charge in [0.2, 0.25) is 11.8 Å². The molecule has 1 spiro atoms. The Hall–Kier alpha value is -2.74. The van der Waals surface area contributed by atoms with E-state index in [4.69, 9.17) is 9.47 Å². The number of amides is 1. The van der Waals surface area contributed by atoms with Crippen molar-refractivity contribution in [3.8, 4) is 5.88 Å². The summed E-state index contributed by atoms with van der Waals surface area (Å²) in [7, 11) is 1.89. The predicted molar refractivity (Wildman–Crippen MR) is 124 cm³/mol. The van der Waals surface area contributed by atoms with Gasteiger partial charge in [-0.1, -0.05) is 0 Å². The lowest BCUT2D eigenvalue weighted by Gasteiger charge is -2.37. The molecule has 2 fully saturated rings. The first-order valence-corrected chi connectivity index (χ1v) is 12.4. The number of likely N-dealkylation sites (tertiary alicyclic amines) is 1. The molecule has 34 heavy (non-hydrogen) atoms. The lowest BCUT2D eigenvalue weighted by molar-refractivity contribution is -0.137. The minimum atomic E-state index is -0.729. The van der Waals surface area contributed by atoms with E-state index in [1.165, 1.54) is 25.0 Å². The first-order valence-electron chi connectivity index (χ1n) is 12.4. The van der Waals surface area contributed by atoms with E-state index in [0.29, 0.717) is 37.7 Å². The summed E-state index contributed by atoms with van der Waals surface area (Å²) in [5.41, 5.74) is 0.419. The molecule has 0 aromatic carbocycles. The summed E-state index contributed by atoms with van der Waals surface area (Å²) in [5.74, 6) is -0.376. The van der Waals surface area contributed by atoms with E-state index in [0.717, 1.165) is 31.7 Å². The van der Waals surface area contributed by atoms with Crippen molar-refractivity contribution in [1.82, 2.24) is 14.8 Å². The second kappa shape index (κ2) is 9.49. The van der Waals surface area contributed by atoms with Gasteiger partial charge < -0.3 is 19.3 Å². The van der Waals surface area contributed by atoms with E-state index in [9.17, 15) is 14.0 Å². The Labute approximate surface area is 199 Å². The molecule has 0 radical (unpaired) electrons. The fourth-order valence-corrected chi connectivity index (χ4v) is 5.62. The molecule has 2 aliphatic carbocycles. The van der Waals surface area contributed by atoms with E-state index in [1.54, 1.807) is 12.3 Å². The van der Waals surface area contributed by atoms with Gasteiger partial charge >= 0.3 is 5.97 Å². The van der Waals surface area contributed by atoms with Gasteiger partial charge in [0.05, 0.1) is 0 Å². The van der Waals surface area contributed by atoms with Gasteiger partial charge in [-0.3, -0.25) is 4.79 Å². The van der Waals surface area contributed by atoms with E-state index in [-0.39, 0.29) is 29.6 Å². The molecule has 1 unspecified atom stereocenters. The number of ether oxygens (including phenoxy) is 2. The van der Waals surface area contributed by atoms with Crippen LogP contribution in [0.25, 0.3) is 0 Å². The molecule has 3 heterocycles. The van der Waals surface area contributed by atoms with Crippen molar-refractivity contribution in [2.24, 2.45) is 5.92 Å². The molecule has 0 N–H and O–H groups in total. The number of hydrogen-bond donors (Lipinski definition) is 0. The third-order valence-corrected chi connectivity index (χ3v) is 7.65. The molecule has 1 saturated carbocycles. The molecule has 7 nitrogen and oxygen atoms in total. The number of pyridine rings is 1. The van der Waals surface area contributed by atoms with Crippen molar-refractivity contribution in [2.45, 2.75) is 56.7 Å². The highest BCUT2D eigenvalue weighted by Crippen LogP contribution is 2.50. The van der Waals surface area contributed by atoms with E-state index in [2.05, 4.69) is 9.88 Å². The monoisotopic (exact) mass is 469 g/mol. The second-order valence-corrected chi connectivity index (χ2v) is 9.85. The summed E-state index contributed by atoms with van der Waals surface area (Å²) >= 11 is 0. The zero-order chi connectivity index (χ0) is 23.7. The van der Waals surface area contributed by atoms with Crippen LogP contribution in [0.3, 0.4) is 0 Å². The Bertz CT molecular complexity index is 1010. The van der Waals surface area contributed by atoms with Crippen molar-refractivity contribution >= 4 is 11.9 Å². The van der Waals surface area contributed by atoms with Crippen LogP contribution in [0.15, 0.2) is 36.3 Å². The number of carbonyl (C=O) groups is 2. The quantitative estimate of drug-likeness (QED) is 0.591. The summed E-state index contributed by atoms with van der Waals surface area (Å²) in [6.07, 6.45) is 11.1. The number of halogens is 1. The highest BCUT2D eigenvalue weighted by molar-refractivity contribution is 5.97. The summed E-state index contributed by atoms with van der Waals surface area (Å²) in [6.45, 7) is 3.94. The Morgan fingerprint density at radius 2 is 2.09 bits per heavy atom. The number of hydrogen-bond acceptors (Lipinski definition) is 6. The van der Waals surface area contributed by atoms with Crippen LogP contribution in [0.1, 0.15) is 60.9 Å². The predicted octanol–water partition coefficient (Wildman–Crippen LogP) is 3.75. The molecule has 5 rings (SSSR count). The SMILES string of the molecule is CN(CCN1CCCC1)C(=O)C1CCC2(CC1)OC(=O)c1c2ccnc1OC1C=CC(F)=CC1. The number of carbonyl (C=O) groups excluding carboxylic acids is 2. The summed E-state index contributed by atoms with van der Waals surface area (Å²) < 4.78 is 25.1. The summed E-state index contributed by atoms with van der Waals surface area (Å²) in [5, 5.41) is 0. The Morgan fingerprint density at radius 1 is 1.32 bits per heavy atom. The minimum absolute atomic E-state index is 0.0522. The van der Waals surface area contributed by atoms with Gasteiger partial charge in [0.15, 0.2) is 0 Å². The van der Waals surface area contributed by atoms with Gasteiger partial charge in [-0.15, -0.1) is 0 Å². The van der Waals surface area contributed by atoms with E-state index >= 15 is 0 Å². The third-order valence-electron chi connectivity index (χ3n) is 7.65. The molecule has 1 atom stereocenters. The first-order chi connectivity index (χ1) is 16.4. The fourth-order valence-electron chi connectivity index (χ4n) is 5.62. The van der Waals surface area contributed by atoms with Crippen LogP contribution >= 0.6 is 0 Å². The molecular weight excluding hydrogens is 437 g/mol. The number of esters is 1. The molecule has 1 aromatic heterocycles. The average molecular weight is 470 g/mol. The summed E-state index contributed by atoms with van der Waals surface area (Å²) in [6, 6.07) is 1.83. The molecular formula is C26H32FN3O4. The molecule has 1 amide bonds. The lowest BCUT2D eigenvalue weighted by atomic mass is 9.75. The van der Waals surface area contributed by atoms with Crippen LogP contribution in [0, 0.1) is 5.92 Å². The maximum Gasteiger partial charge on any atom is 0.344 e. The number of aromatic nitrogens is 1. The molecule has 0 bridgehead atoms. The zero-order valence-corrected chi connectivity index (χ0v) is 19.7. The Morgan fingerprint density at radius 3 is 2.79 bits per heavy atom. The Kier molecular flexibility index (Phi) is 6.42. The van der Waals surface area contributed by atoms with Gasteiger partial charge in [0.1, 0.15) is 23.1 Å². The standard InChI is InChI=1S/C26H32FN3O4/c1-29(16-17-30-14-2-3-15-30)24(31)18-8-11-26(12-9-18)21-10-13-28-23(22(21)25(32)34-26)33-20-6-4-19(27)5-7-20/h4-6,10,13,18,20H,2-3,7-9,11-12,14-17H2,1H3. The van der Waals surface area contributed by atoms with Crippen LogP contribution in [0.4, 0.5) is 4.39 Å². The van der Waals surface area contributed by atoms with Crippen molar-refractivity contribution in [2.75, 3.05) is 33.2 Å². The van der Waals surface area contributed by atoms with Gasteiger partial charge in [-0.2, -0.15) is 0 Å². The van der Waals surface area contributed by atoms with Crippen molar-refractivity contribution < 1.29 is 23.5 Å². The summed E-state index contributed by atoms with van der Waals surface area (Å²) in [4.78, 5) is 34.5. The van der Waals surface area contributed by atoms with Crippen LogP contribution in [-0.4, -0.2) is 66.0 Å². The minimum Gasteiger partial charge on any atom is -0.469 e. The van der Waals surface area contributed by atoms with Crippen LogP contribution < -0.4 is 4.74 Å². The smallest absolute Gasteiger partial charge is 0.344 e.